The summed E-state index contributed by atoms with van der Waals surface area (Å²) in [5, 5.41) is 3.28. The van der Waals surface area contributed by atoms with Crippen LogP contribution in [-0.4, -0.2) is 27.3 Å². The maximum atomic E-state index is 11.6. The zero-order chi connectivity index (χ0) is 11.8. The van der Waals surface area contributed by atoms with Gasteiger partial charge in [-0.2, -0.15) is 0 Å². The molecule has 0 bridgehead atoms. The van der Waals surface area contributed by atoms with Gasteiger partial charge in [-0.15, -0.1) is 0 Å². The molecule has 1 aliphatic carbocycles. The van der Waals surface area contributed by atoms with Crippen LogP contribution in [0.25, 0.3) is 0 Å². The SMILES string of the molecule is CNC1(Cc2ccccc2S(C)(=O)=O)CC1. The lowest BCUT2D eigenvalue weighted by Gasteiger charge is -2.16. The average Bonchev–Trinajstić information content (AvgIpc) is 2.98. The monoisotopic (exact) mass is 239 g/mol. The predicted molar refractivity (Wildman–Crippen MR) is 64.3 cm³/mol. The molecule has 0 saturated heterocycles. The van der Waals surface area contributed by atoms with E-state index >= 15 is 0 Å². The van der Waals surface area contributed by atoms with E-state index in [1.54, 1.807) is 12.1 Å². The van der Waals surface area contributed by atoms with Crippen LogP contribution >= 0.6 is 0 Å². The predicted octanol–water partition coefficient (Wildman–Crippen LogP) is 1.38. The second-order valence-electron chi connectivity index (χ2n) is 4.59. The smallest absolute Gasteiger partial charge is 0.175 e. The van der Waals surface area contributed by atoms with Gasteiger partial charge in [-0.25, -0.2) is 8.42 Å². The second kappa shape index (κ2) is 3.86. The van der Waals surface area contributed by atoms with E-state index in [-0.39, 0.29) is 5.54 Å². The fourth-order valence-corrected chi connectivity index (χ4v) is 2.98. The first-order chi connectivity index (χ1) is 7.47. The topological polar surface area (TPSA) is 46.2 Å². The molecule has 1 saturated carbocycles. The molecule has 0 heterocycles. The molecule has 3 nitrogen and oxygen atoms in total. The van der Waals surface area contributed by atoms with Crippen molar-refractivity contribution in [3.8, 4) is 0 Å². The van der Waals surface area contributed by atoms with Crippen LogP contribution in [0, 0.1) is 0 Å². The molecule has 0 aromatic heterocycles. The summed E-state index contributed by atoms with van der Waals surface area (Å²) in [5.74, 6) is 0. The van der Waals surface area contributed by atoms with Gasteiger partial charge in [0, 0.05) is 11.8 Å². The zero-order valence-electron chi connectivity index (χ0n) is 9.66. The van der Waals surface area contributed by atoms with Crippen molar-refractivity contribution in [2.24, 2.45) is 0 Å². The highest BCUT2D eigenvalue weighted by Crippen LogP contribution is 2.39. The Labute approximate surface area is 96.8 Å². The molecule has 1 aromatic rings. The van der Waals surface area contributed by atoms with Crippen LogP contribution in [0.15, 0.2) is 29.2 Å². The number of hydrogen-bond donors (Lipinski definition) is 1. The summed E-state index contributed by atoms with van der Waals surface area (Å²) < 4.78 is 23.3. The fourth-order valence-electron chi connectivity index (χ4n) is 2.04. The van der Waals surface area contributed by atoms with E-state index in [1.807, 2.05) is 19.2 Å². The summed E-state index contributed by atoms with van der Waals surface area (Å²) in [6.07, 6.45) is 4.32. The summed E-state index contributed by atoms with van der Waals surface area (Å²) in [6, 6.07) is 7.28. The minimum absolute atomic E-state index is 0.140. The maximum Gasteiger partial charge on any atom is 0.175 e. The quantitative estimate of drug-likeness (QED) is 0.863. The van der Waals surface area contributed by atoms with Gasteiger partial charge < -0.3 is 5.32 Å². The van der Waals surface area contributed by atoms with Gasteiger partial charge in [-0.1, -0.05) is 18.2 Å². The van der Waals surface area contributed by atoms with Gasteiger partial charge in [0.05, 0.1) is 4.90 Å². The highest BCUT2D eigenvalue weighted by atomic mass is 32.2. The van der Waals surface area contributed by atoms with Crippen LogP contribution < -0.4 is 5.32 Å². The van der Waals surface area contributed by atoms with Crippen LogP contribution in [0.3, 0.4) is 0 Å². The lowest BCUT2D eigenvalue weighted by molar-refractivity contribution is 0.542. The molecule has 16 heavy (non-hydrogen) atoms. The number of nitrogens with one attached hydrogen (secondary N) is 1. The molecule has 88 valence electrons. The summed E-state index contributed by atoms with van der Waals surface area (Å²) >= 11 is 0. The van der Waals surface area contributed by atoms with Crippen LogP contribution in [0.1, 0.15) is 18.4 Å². The molecule has 0 radical (unpaired) electrons. The van der Waals surface area contributed by atoms with Crippen LogP contribution in [-0.2, 0) is 16.3 Å². The van der Waals surface area contributed by atoms with Crippen molar-refractivity contribution in [1.82, 2.24) is 5.32 Å². The third-order valence-electron chi connectivity index (χ3n) is 3.28. The minimum atomic E-state index is -3.11. The van der Waals surface area contributed by atoms with E-state index in [0.29, 0.717) is 4.90 Å². The van der Waals surface area contributed by atoms with Crippen molar-refractivity contribution < 1.29 is 8.42 Å². The lowest BCUT2D eigenvalue weighted by Crippen LogP contribution is -2.30. The Morgan fingerprint density at radius 2 is 1.94 bits per heavy atom. The van der Waals surface area contributed by atoms with Crippen LogP contribution in [0.2, 0.25) is 0 Å². The molecule has 0 aliphatic heterocycles. The molecule has 0 atom stereocenters. The average molecular weight is 239 g/mol. The number of rotatable bonds is 4. The van der Waals surface area contributed by atoms with E-state index in [9.17, 15) is 8.42 Å². The van der Waals surface area contributed by atoms with E-state index in [0.717, 1.165) is 24.8 Å². The Morgan fingerprint density at radius 3 is 2.44 bits per heavy atom. The molecular formula is C12H17NO2S. The summed E-state index contributed by atoms with van der Waals surface area (Å²) in [6.45, 7) is 0. The zero-order valence-corrected chi connectivity index (χ0v) is 10.5. The van der Waals surface area contributed by atoms with E-state index in [1.165, 1.54) is 6.26 Å². The Hall–Kier alpha value is -0.870. The van der Waals surface area contributed by atoms with Gasteiger partial charge in [-0.3, -0.25) is 0 Å². The van der Waals surface area contributed by atoms with Gasteiger partial charge in [0.1, 0.15) is 0 Å². The Bertz CT molecular complexity index is 489. The number of benzene rings is 1. The maximum absolute atomic E-state index is 11.6. The molecule has 1 N–H and O–H groups in total. The molecule has 2 rings (SSSR count). The molecule has 0 spiro atoms. The Balaban J connectivity index is 2.34. The van der Waals surface area contributed by atoms with Crippen molar-refractivity contribution in [3.63, 3.8) is 0 Å². The minimum Gasteiger partial charge on any atom is -0.314 e. The lowest BCUT2D eigenvalue weighted by atomic mass is 10.0. The highest BCUT2D eigenvalue weighted by Gasteiger charge is 2.41. The van der Waals surface area contributed by atoms with Crippen molar-refractivity contribution in [3.05, 3.63) is 29.8 Å². The molecular weight excluding hydrogens is 222 g/mol. The Morgan fingerprint density at radius 1 is 1.31 bits per heavy atom. The molecule has 4 heteroatoms. The van der Waals surface area contributed by atoms with Gasteiger partial charge in [0.15, 0.2) is 9.84 Å². The summed E-state index contributed by atoms with van der Waals surface area (Å²) in [5.41, 5.74) is 1.07. The third-order valence-corrected chi connectivity index (χ3v) is 4.48. The summed E-state index contributed by atoms with van der Waals surface area (Å²) in [7, 11) is -1.17. The molecule has 0 amide bonds. The van der Waals surface area contributed by atoms with Crippen molar-refractivity contribution >= 4 is 9.84 Å². The number of hydrogen-bond acceptors (Lipinski definition) is 3. The van der Waals surface area contributed by atoms with Crippen molar-refractivity contribution in [2.75, 3.05) is 13.3 Å². The third kappa shape index (κ3) is 2.28. The fraction of sp³-hybridized carbons (Fsp3) is 0.500. The van der Waals surface area contributed by atoms with E-state index in [2.05, 4.69) is 5.32 Å². The van der Waals surface area contributed by atoms with E-state index in [4.69, 9.17) is 0 Å². The van der Waals surface area contributed by atoms with Crippen LogP contribution in [0.5, 0.6) is 0 Å². The number of sulfone groups is 1. The van der Waals surface area contributed by atoms with Gasteiger partial charge in [0.2, 0.25) is 0 Å². The molecule has 1 aliphatic rings. The normalized spacial score (nSPS) is 18.4. The van der Waals surface area contributed by atoms with Gasteiger partial charge in [0.25, 0.3) is 0 Å². The number of likely N-dealkylation sites (N-methyl/N-ethyl adjacent to an activating group) is 1. The highest BCUT2D eigenvalue weighted by molar-refractivity contribution is 7.90. The second-order valence-corrected chi connectivity index (χ2v) is 6.57. The molecule has 1 aromatic carbocycles. The van der Waals surface area contributed by atoms with Crippen LogP contribution in [0.4, 0.5) is 0 Å². The Kier molecular flexibility index (Phi) is 2.80. The van der Waals surface area contributed by atoms with Gasteiger partial charge >= 0.3 is 0 Å². The summed E-state index contributed by atoms with van der Waals surface area (Å²) in [4.78, 5) is 0.469. The van der Waals surface area contributed by atoms with Crippen molar-refractivity contribution in [2.45, 2.75) is 29.7 Å². The first-order valence-corrected chi connectivity index (χ1v) is 7.33. The first-order valence-electron chi connectivity index (χ1n) is 5.44. The van der Waals surface area contributed by atoms with E-state index < -0.39 is 9.84 Å². The largest absolute Gasteiger partial charge is 0.314 e. The van der Waals surface area contributed by atoms with Crippen molar-refractivity contribution in [1.29, 1.82) is 0 Å². The molecule has 1 fully saturated rings. The van der Waals surface area contributed by atoms with Gasteiger partial charge in [-0.05, 0) is 37.9 Å². The first kappa shape index (κ1) is 11.6. The molecule has 0 unspecified atom stereocenters. The standard InChI is InChI=1S/C12H17NO2S/c1-13-12(7-8-12)9-10-5-3-4-6-11(10)16(2,14)15/h3-6,13H,7-9H2,1-2H3.